The van der Waals surface area contributed by atoms with Gasteiger partial charge in [-0.2, -0.15) is 20.5 Å². The lowest BCUT2D eigenvalue weighted by Crippen LogP contribution is -2.22. The average molecular weight is 660 g/mol. The van der Waals surface area contributed by atoms with Gasteiger partial charge in [-0.3, -0.25) is 9.59 Å². The second kappa shape index (κ2) is 26.1. The summed E-state index contributed by atoms with van der Waals surface area (Å²) >= 11 is 0. The Bertz CT molecular complexity index is 865. The number of unbranched alkanes of at least 4 members (excludes halogenated alkanes) is 20. The maximum absolute atomic E-state index is 12.2. The molecule has 1 unspecified atom stereocenters. The third kappa shape index (κ3) is 22.4. The number of hydrogen-bond donors (Lipinski definition) is 0. The SMILES string of the molecule is [CH2]C(COC(=O)CCCCC1(CCCCCCCCCCCC)N=N1)OC(=O)CCCCC1(CCCCCCCCCCCC)N=N1. The fraction of sp³-hybridized carbons (Fsp3) is 0.923. The van der Waals surface area contributed by atoms with Gasteiger partial charge >= 0.3 is 11.9 Å². The molecule has 0 aromatic rings. The Balaban J connectivity index is 1.37. The van der Waals surface area contributed by atoms with E-state index in [1.54, 1.807) is 0 Å². The molecule has 0 aromatic heterocycles. The molecule has 0 fully saturated rings. The molecule has 1 radical (unpaired) electrons. The van der Waals surface area contributed by atoms with E-state index >= 15 is 0 Å². The van der Waals surface area contributed by atoms with Gasteiger partial charge in [0.2, 0.25) is 0 Å². The Hall–Kier alpha value is -1.86. The minimum atomic E-state index is -0.684. The summed E-state index contributed by atoms with van der Waals surface area (Å²) in [5.41, 5.74) is -0.352. The fourth-order valence-corrected chi connectivity index (χ4v) is 6.47. The highest BCUT2D eigenvalue weighted by Crippen LogP contribution is 2.39. The third-order valence-electron chi connectivity index (χ3n) is 9.77. The maximum Gasteiger partial charge on any atom is 0.306 e. The predicted octanol–water partition coefficient (Wildman–Crippen LogP) is 12.3. The predicted molar refractivity (Wildman–Crippen MR) is 191 cm³/mol. The summed E-state index contributed by atoms with van der Waals surface area (Å²) in [6.45, 7) is 8.36. The van der Waals surface area contributed by atoms with Crippen molar-refractivity contribution in [1.29, 1.82) is 0 Å². The Labute approximate surface area is 288 Å². The van der Waals surface area contributed by atoms with Gasteiger partial charge in [0.05, 0.1) is 0 Å². The minimum absolute atomic E-state index is 0.00234. The van der Waals surface area contributed by atoms with E-state index in [4.69, 9.17) is 9.47 Å². The standard InChI is InChI=1S/C39H71N4O4/c1-4-6-8-10-12-14-16-18-20-24-30-38(40-41-38)32-26-22-28-36(44)46-34-35(3)47-37(45)29-23-27-33-39(42-43-39)31-25-21-19-17-15-13-11-9-7-5-2/h35H,3-34H2,1-2H3. The number of hydrogen-bond acceptors (Lipinski definition) is 8. The third-order valence-corrected chi connectivity index (χ3v) is 9.77. The minimum Gasteiger partial charge on any atom is -0.462 e. The molecular weight excluding hydrogens is 588 g/mol. The molecule has 0 saturated heterocycles. The van der Waals surface area contributed by atoms with Crippen molar-refractivity contribution in [3.8, 4) is 0 Å². The first kappa shape index (κ1) is 41.3. The van der Waals surface area contributed by atoms with Gasteiger partial charge in [0.25, 0.3) is 0 Å². The van der Waals surface area contributed by atoms with Crippen LogP contribution in [-0.4, -0.2) is 36.0 Å². The van der Waals surface area contributed by atoms with Gasteiger partial charge < -0.3 is 9.47 Å². The number of esters is 2. The van der Waals surface area contributed by atoms with Crippen molar-refractivity contribution in [2.24, 2.45) is 20.5 Å². The van der Waals surface area contributed by atoms with Gasteiger partial charge in [0.1, 0.15) is 12.7 Å². The van der Waals surface area contributed by atoms with Gasteiger partial charge in [-0.1, -0.05) is 129 Å². The molecule has 47 heavy (non-hydrogen) atoms. The lowest BCUT2D eigenvalue weighted by atomic mass is 9.98. The molecular formula is C39H71N4O4. The molecule has 8 heteroatoms. The number of ether oxygens (including phenoxy) is 2. The molecule has 0 spiro atoms. The first-order valence-corrected chi connectivity index (χ1v) is 20.0. The molecule has 0 bridgehead atoms. The highest BCUT2D eigenvalue weighted by Gasteiger charge is 2.39. The Morgan fingerprint density at radius 1 is 0.489 bits per heavy atom. The lowest BCUT2D eigenvalue weighted by molar-refractivity contribution is -0.156. The molecule has 0 amide bonds. The van der Waals surface area contributed by atoms with Gasteiger partial charge in [-0.15, -0.1) is 0 Å². The van der Waals surface area contributed by atoms with Gasteiger partial charge in [-0.25, -0.2) is 0 Å². The molecule has 0 saturated carbocycles. The summed E-state index contributed by atoms with van der Waals surface area (Å²) in [4.78, 5) is 24.4. The monoisotopic (exact) mass is 660 g/mol. The number of rotatable bonds is 35. The zero-order valence-electron chi connectivity index (χ0n) is 30.6. The van der Waals surface area contributed by atoms with E-state index in [2.05, 4.69) is 41.2 Å². The molecule has 0 N–H and O–H groups in total. The summed E-state index contributed by atoms with van der Waals surface area (Å²) in [5, 5.41) is 17.3. The second-order valence-corrected chi connectivity index (χ2v) is 14.4. The summed E-state index contributed by atoms with van der Waals surface area (Å²) in [6.07, 6.45) is 33.8. The second-order valence-electron chi connectivity index (χ2n) is 14.4. The van der Waals surface area contributed by atoms with E-state index in [1.165, 1.54) is 128 Å². The molecule has 8 nitrogen and oxygen atoms in total. The van der Waals surface area contributed by atoms with Crippen LogP contribution in [0.4, 0.5) is 0 Å². The summed E-state index contributed by atoms with van der Waals surface area (Å²) in [7, 11) is 0. The van der Waals surface area contributed by atoms with Crippen molar-refractivity contribution in [3.63, 3.8) is 0 Å². The Kier molecular flexibility index (Phi) is 22.9. The summed E-state index contributed by atoms with van der Waals surface area (Å²) < 4.78 is 10.7. The Morgan fingerprint density at radius 2 is 0.809 bits per heavy atom. The molecule has 1 atom stereocenters. The molecule has 2 aliphatic rings. The molecule has 2 aliphatic heterocycles. The molecule has 271 valence electrons. The highest BCUT2D eigenvalue weighted by molar-refractivity contribution is 5.70. The van der Waals surface area contributed by atoms with Gasteiger partial charge in [0, 0.05) is 12.8 Å². The van der Waals surface area contributed by atoms with Crippen LogP contribution in [0.2, 0.25) is 0 Å². The van der Waals surface area contributed by atoms with Crippen LogP contribution in [0.1, 0.15) is 206 Å². The smallest absolute Gasteiger partial charge is 0.306 e. The molecule has 0 aliphatic carbocycles. The first-order chi connectivity index (χ1) is 22.9. The number of carbonyl (C=O) groups is 2. The van der Waals surface area contributed by atoms with Crippen molar-refractivity contribution < 1.29 is 19.1 Å². The van der Waals surface area contributed by atoms with E-state index in [9.17, 15) is 9.59 Å². The van der Waals surface area contributed by atoms with E-state index in [0.29, 0.717) is 12.8 Å². The van der Waals surface area contributed by atoms with Gasteiger partial charge in [-0.05, 0) is 71.1 Å². The van der Waals surface area contributed by atoms with E-state index in [0.717, 1.165) is 51.4 Å². The quantitative estimate of drug-likeness (QED) is 0.0499. The lowest BCUT2D eigenvalue weighted by Gasteiger charge is -2.14. The summed E-state index contributed by atoms with van der Waals surface area (Å²) in [5.74, 6) is -0.563. The van der Waals surface area contributed by atoms with E-state index < -0.39 is 6.10 Å². The van der Waals surface area contributed by atoms with E-state index in [-0.39, 0.29) is 29.9 Å². The van der Waals surface area contributed by atoms with Crippen molar-refractivity contribution in [1.82, 2.24) is 0 Å². The maximum atomic E-state index is 12.2. The number of nitrogens with zero attached hydrogens (tertiary/aromatic N) is 4. The van der Waals surface area contributed by atoms with Crippen LogP contribution >= 0.6 is 0 Å². The normalized spacial score (nSPS) is 15.9. The first-order valence-electron chi connectivity index (χ1n) is 20.0. The molecule has 2 rings (SSSR count). The Morgan fingerprint density at radius 3 is 1.17 bits per heavy atom. The largest absolute Gasteiger partial charge is 0.462 e. The molecule has 2 heterocycles. The van der Waals surface area contributed by atoms with Crippen LogP contribution in [-0.2, 0) is 19.1 Å². The van der Waals surface area contributed by atoms with Crippen LogP contribution in [0, 0.1) is 6.92 Å². The van der Waals surface area contributed by atoms with Gasteiger partial charge in [0.15, 0.2) is 11.3 Å². The van der Waals surface area contributed by atoms with Crippen molar-refractivity contribution >= 4 is 11.9 Å². The fourth-order valence-electron chi connectivity index (χ4n) is 6.47. The highest BCUT2D eigenvalue weighted by atomic mass is 16.6. The molecule has 0 aromatic carbocycles. The van der Waals surface area contributed by atoms with Crippen molar-refractivity contribution in [2.45, 2.75) is 224 Å². The van der Waals surface area contributed by atoms with Crippen molar-refractivity contribution in [2.75, 3.05) is 6.61 Å². The average Bonchev–Trinajstić information content (AvgIpc) is 4.00. The van der Waals surface area contributed by atoms with Crippen molar-refractivity contribution in [3.05, 3.63) is 6.92 Å². The number of carbonyl (C=O) groups excluding carboxylic acids is 2. The zero-order valence-corrected chi connectivity index (χ0v) is 30.6. The topological polar surface area (TPSA) is 102 Å². The van der Waals surface area contributed by atoms with Crippen LogP contribution in [0.3, 0.4) is 0 Å². The van der Waals surface area contributed by atoms with Crippen LogP contribution < -0.4 is 0 Å². The van der Waals surface area contributed by atoms with Crippen LogP contribution in [0.15, 0.2) is 20.5 Å². The van der Waals surface area contributed by atoms with Crippen LogP contribution in [0.5, 0.6) is 0 Å². The summed E-state index contributed by atoms with van der Waals surface area (Å²) in [6, 6.07) is 0. The van der Waals surface area contributed by atoms with E-state index in [1.807, 2.05) is 0 Å². The zero-order chi connectivity index (χ0) is 33.9. The van der Waals surface area contributed by atoms with Crippen LogP contribution in [0.25, 0.3) is 0 Å².